The topological polar surface area (TPSA) is 51.0 Å². The molecule has 1 aliphatic heterocycles. The molecule has 0 N–H and O–H groups in total. The van der Waals surface area contributed by atoms with Gasteiger partial charge in [0, 0.05) is 11.0 Å². The molecule has 1 amide bonds. The van der Waals surface area contributed by atoms with Crippen molar-refractivity contribution in [1.82, 2.24) is 19.9 Å². The maximum absolute atomic E-state index is 11.8. The van der Waals surface area contributed by atoms with Crippen LogP contribution in [-0.2, 0) is 11.3 Å². The van der Waals surface area contributed by atoms with Crippen molar-refractivity contribution in [2.24, 2.45) is 0 Å². The first kappa shape index (κ1) is 14.6. The van der Waals surface area contributed by atoms with Crippen molar-refractivity contribution in [3.05, 3.63) is 46.2 Å². The molecular weight excluding hydrogens is 352 g/mol. The van der Waals surface area contributed by atoms with E-state index in [-0.39, 0.29) is 11.3 Å². The average Bonchev–Trinajstić information content (AvgIpc) is 3.05. The lowest BCUT2D eigenvalue weighted by molar-refractivity contribution is -0.127. The molecule has 5 nitrogen and oxygen atoms in total. The Morgan fingerprint density at radius 1 is 1.48 bits per heavy atom. The zero-order valence-electron chi connectivity index (χ0n) is 11.6. The molecule has 1 aliphatic rings. The summed E-state index contributed by atoms with van der Waals surface area (Å²) < 4.78 is 2.86. The van der Waals surface area contributed by atoms with Gasteiger partial charge in [0.15, 0.2) is 0 Å². The van der Waals surface area contributed by atoms with Gasteiger partial charge in [-0.25, -0.2) is 4.68 Å². The van der Waals surface area contributed by atoms with Gasteiger partial charge in [0.1, 0.15) is 11.1 Å². The maximum Gasteiger partial charge on any atom is 0.233 e. The first-order chi connectivity index (χ1) is 10.2. The third-order valence-corrected chi connectivity index (χ3v) is 5.07. The zero-order chi connectivity index (χ0) is 14.8. The number of halogens is 1. The van der Waals surface area contributed by atoms with Crippen molar-refractivity contribution < 1.29 is 4.79 Å². The Balaban J connectivity index is 1.76. The van der Waals surface area contributed by atoms with Crippen LogP contribution < -0.4 is 0 Å². The number of nitrogens with zero attached hydrogens (tertiary/aromatic N) is 4. The molecule has 1 aromatic heterocycles. The maximum atomic E-state index is 11.8. The lowest BCUT2D eigenvalue weighted by atomic mass is 10.2. The molecule has 7 heteroatoms. The van der Waals surface area contributed by atoms with Crippen molar-refractivity contribution in [3.8, 4) is 0 Å². The average molecular weight is 367 g/mol. The monoisotopic (exact) mass is 366 g/mol. The molecule has 0 spiro atoms. The van der Waals surface area contributed by atoms with E-state index in [0.29, 0.717) is 18.8 Å². The van der Waals surface area contributed by atoms with Crippen LogP contribution >= 0.6 is 27.7 Å². The fraction of sp³-hybridized carbons (Fsp3) is 0.357. The molecule has 3 rings (SSSR count). The van der Waals surface area contributed by atoms with Crippen LogP contribution in [0.15, 0.2) is 34.9 Å². The number of hydrogen-bond acceptors (Lipinski definition) is 4. The Labute approximate surface area is 135 Å². The van der Waals surface area contributed by atoms with E-state index in [9.17, 15) is 4.79 Å². The molecule has 0 aliphatic carbocycles. The van der Waals surface area contributed by atoms with Gasteiger partial charge in [0.05, 0.1) is 18.5 Å². The Bertz CT molecular complexity index is 660. The summed E-state index contributed by atoms with van der Waals surface area (Å²) in [7, 11) is 0. The van der Waals surface area contributed by atoms with Gasteiger partial charge in [-0.3, -0.25) is 4.79 Å². The van der Waals surface area contributed by atoms with Crippen LogP contribution in [0.25, 0.3) is 0 Å². The predicted molar refractivity (Wildman–Crippen MR) is 85.9 cm³/mol. The van der Waals surface area contributed by atoms with Gasteiger partial charge in [-0.1, -0.05) is 33.3 Å². The van der Waals surface area contributed by atoms with Crippen LogP contribution in [0.3, 0.4) is 0 Å². The van der Waals surface area contributed by atoms with Crippen molar-refractivity contribution in [1.29, 1.82) is 0 Å². The van der Waals surface area contributed by atoms with Crippen LogP contribution in [0.1, 0.15) is 23.6 Å². The van der Waals surface area contributed by atoms with Gasteiger partial charge >= 0.3 is 0 Å². The lowest BCUT2D eigenvalue weighted by Gasteiger charge is -2.19. The summed E-state index contributed by atoms with van der Waals surface area (Å²) in [5.74, 6) is 0.700. The number of hydrogen-bond donors (Lipinski definition) is 0. The third-order valence-electron chi connectivity index (χ3n) is 3.35. The second-order valence-electron chi connectivity index (χ2n) is 4.81. The summed E-state index contributed by atoms with van der Waals surface area (Å²) in [6.07, 6.45) is 1.93. The fourth-order valence-electron chi connectivity index (χ4n) is 2.37. The second kappa shape index (κ2) is 6.19. The Kier molecular flexibility index (Phi) is 4.30. The predicted octanol–water partition coefficient (Wildman–Crippen LogP) is 2.68. The van der Waals surface area contributed by atoms with Gasteiger partial charge < -0.3 is 4.90 Å². The molecule has 1 fully saturated rings. The van der Waals surface area contributed by atoms with Crippen LogP contribution in [-0.4, -0.2) is 38.1 Å². The molecule has 0 unspecified atom stereocenters. The van der Waals surface area contributed by atoms with Gasteiger partial charge in [-0.05, 0) is 24.6 Å². The highest BCUT2D eigenvalue weighted by molar-refractivity contribution is 9.10. The number of amides is 1. The number of aromatic nitrogens is 3. The van der Waals surface area contributed by atoms with Crippen molar-refractivity contribution >= 4 is 33.6 Å². The summed E-state index contributed by atoms with van der Waals surface area (Å²) in [5.41, 5.74) is 2.01. The van der Waals surface area contributed by atoms with Crippen molar-refractivity contribution in [3.63, 3.8) is 0 Å². The van der Waals surface area contributed by atoms with Gasteiger partial charge in [-0.2, -0.15) is 0 Å². The summed E-state index contributed by atoms with van der Waals surface area (Å²) in [4.78, 5) is 13.6. The number of rotatable bonds is 4. The minimum absolute atomic E-state index is 0.00115. The highest BCUT2D eigenvalue weighted by Gasteiger charge is 2.33. The molecule has 1 aromatic carbocycles. The second-order valence-corrected chi connectivity index (χ2v) is 6.80. The normalized spacial score (nSPS) is 18.5. The Hall–Kier alpha value is -1.34. The van der Waals surface area contributed by atoms with Crippen LogP contribution in [0, 0.1) is 0 Å². The van der Waals surface area contributed by atoms with Gasteiger partial charge in [0.25, 0.3) is 0 Å². The first-order valence-electron chi connectivity index (χ1n) is 6.73. The van der Waals surface area contributed by atoms with E-state index in [1.165, 1.54) is 0 Å². The minimum atomic E-state index is -0.00115. The van der Waals surface area contributed by atoms with E-state index in [0.717, 1.165) is 15.7 Å². The molecule has 0 bridgehead atoms. The Morgan fingerprint density at radius 3 is 3.10 bits per heavy atom. The van der Waals surface area contributed by atoms with E-state index in [1.54, 1.807) is 11.8 Å². The highest BCUT2D eigenvalue weighted by atomic mass is 79.9. The van der Waals surface area contributed by atoms with E-state index in [2.05, 4.69) is 38.4 Å². The van der Waals surface area contributed by atoms with Crippen molar-refractivity contribution in [2.75, 3.05) is 12.3 Å². The van der Waals surface area contributed by atoms with Crippen molar-refractivity contribution in [2.45, 2.75) is 18.8 Å². The lowest BCUT2D eigenvalue weighted by Crippen LogP contribution is -2.27. The Morgan fingerprint density at radius 2 is 2.33 bits per heavy atom. The fourth-order valence-corrected chi connectivity index (χ4v) is 4.01. The SMILES string of the molecule is CCN1C(=O)CS[C@H]1c1cn(Cc2cccc(Br)c2)nn1. The molecule has 2 aromatic rings. The summed E-state index contributed by atoms with van der Waals surface area (Å²) in [5, 5.41) is 8.41. The summed E-state index contributed by atoms with van der Waals surface area (Å²) in [6.45, 7) is 3.36. The molecule has 21 heavy (non-hydrogen) atoms. The highest BCUT2D eigenvalue weighted by Crippen LogP contribution is 2.37. The smallest absolute Gasteiger partial charge is 0.233 e. The summed E-state index contributed by atoms with van der Waals surface area (Å²) >= 11 is 5.08. The number of carbonyl (C=O) groups is 1. The molecular formula is C14H15BrN4OS. The number of thioether (sulfide) groups is 1. The van der Waals surface area contributed by atoms with E-state index in [1.807, 2.05) is 34.8 Å². The van der Waals surface area contributed by atoms with E-state index in [4.69, 9.17) is 0 Å². The number of benzene rings is 1. The molecule has 0 saturated carbocycles. The van der Waals surface area contributed by atoms with E-state index < -0.39 is 0 Å². The quantitative estimate of drug-likeness (QED) is 0.834. The zero-order valence-corrected chi connectivity index (χ0v) is 14.0. The van der Waals surface area contributed by atoms with Crippen LogP contribution in [0.4, 0.5) is 0 Å². The molecule has 0 radical (unpaired) electrons. The largest absolute Gasteiger partial charge is 0.324 e. The van der Waals surface area contributed by atoms with Gasteiger partial charge in [0.2, 0.25) is 5.91 Å². The first-order valence-corrected chi connectivity index (χ1v) is 8.57. The van der Waals surface area contributed by atoms with Crippen LogP contribution in [0.2, 0.25) is 0 Å². The van der Waals surface area contributed by atoms with Gasteiger partial charge in [-0.15, -0.1) is 16.9 Å². The molecule has 2 heterocycles. The molecule has 110 valence electrons. The van der Waals surface area contributed by atoms with Crippen LogP contribution in [0.5, 0.6) is 0 Å². The molecule has 1 saturated heterocycles. The summed E-state index contributed by atoms with van der Waals surface area (Å²) in [6, 6.07) is 8.11. The third kappa shape index (κ3) is 3.13. The minimum Gasteiger partial charge on any atom is -0.324 e. The number of carbonyl (C=O) groups excluding carboxylic acids is 1. The standard InChI is InChI=1S/C14H15BrN4OS/c1-2-19-13(20)9-21-14(19)12-8-18(17-16-12)7-10-4-3-5-11(15)6-10/h3-6,8,14H,2,7,9H2,1H3/t14-/m0/s1. The van der Waals surface area contributed by atoms with E-state index >= 15 is 0 Å². The molecule has 1 atom stereocenters.